The second-order valence-electron chi connectivity index (χ2n) is 3.11. The molecule has 0 saturated heterocycles. The van der Waals surface area contributed by atoms with Crippen molar-refractivity contribution in [2.45, 2.75) is 9.24 Å². The van der Waals surface area contributed by atoms with Gasteiger partial charge in [-0.15, -0.1) is 21.8 Å². The minimum Gasteiger partial charge on any atom is -0.299 e. The highest BCUT2D eigenvalue weighted by molar-refractivity contribution is 8.01. The summed E-state index contributed by atoms with van der Waals surface area (Å²) in [6.07, 6.45) is 0. The molecule has 0 saturated carbocycles. The first-order valence-corrected chi connectivity index (χ1v) is 7.34. The number of rotatable bonds is 4. The Hall–Kier alpha value is -0.820. The van der Waals surface area contributed by atoms with Gasteiger partial charge in [-0.3, -0.25) is 10.1 Å². The van der Waals surface area contributed by atoms with Gasteiger partial charge >= 0.3 is 0 Å². The first kappa shape index (κ1) is 13.6. The topological polar surface area (TPSA) is 54.9 Å². The van der Waals surface area contributed by atoms with E-state index >= 15 is 0 Å². The van der Waals surface area contributed by atoms with Crippen LogP contribution in [0.1, 0.15) is 0 Å². The molecule has 0 atom stereocenters. The van der Waals surface area contributed by atoms with E-state index in [1.165, 1.54) is 23.1 Å². The van der Waals surface area contributed by atoms with Crippen molar-refractivity contribution in [2.75, 3.05) is 11.2 Å². The molecule has 0 spiro atoms. The molecule has 1 amide bonds. The third kappa shape index (κ3) is 3.84. The van der Waals surface area contributed by atoms with E-state index in [4.69, 9.17) is 23.2 Å². The lowest BCUT2D eigenvalue weighted by Gasteiger charge is -1.96. The third-order valence-corrected chi connectivity index (χ3v) is 4.19. The van der Waals surface area contributed by atoms with E-state index in [1.807, 2.05) is 12.1 Å². The van der Waals surface area contributed by atoms with Gasteiger partial charge in [0.2, 0.25) is 11.0 Å². The Balaban J connectivity index is 2.02. The lowest BCUT2D eigenvalue weighted by Crippen LogP contribution is -2.12. The third-order valence-electron chi connectivity index (χ3n) is 1.79. The molecule has 0 aliphatic heterocycles. The van der Waals surface area contributed by atoms with Gasteiger partial charge in [0.05, 0.1) is 0 Å². The van der Waals surface area contributed by atoms with Gasteiger partial charge in [-0.05, 0) is 24.3 Å². The van der Waals surface area contributed by atoms with Crippen molar-refractivity contribution in [1.29, 1.82) is 0 Å². The zero-order valence-electron chi connectivity index (χ0n) is 8.89. The molecule has 0 aliphatic rings. The second kappa shape index (κ2) is 6.38. The Morgan fingerprint density at radius 1 is 1.33 bits per heavy atom. The van der Waals surface area contributed by atoms with Crippen molar-refractivity contribution in [3.8, 4) is 0 Å². The van der Waals surface area contributed by atoms with Crippen LogP contribution in [0.25, 0.3) is 0 Å². The number of carbonyl (C=O) groups excluding carboxylic acids is 1. The maximum absolute atomic E-state index is 11.1. The minimum absolute atomic E-state index is 0.0980. The van der Waals surface area contributed by atoms with Gasteiger partial charge in [-0.2, -0.15) is 0 Å². The normalized spacial score (nSPS) is 10.3. The molecule has 1 aromatic heterocycles. The van der Waals surface area contributed by atoms with Gasteiger partial charge in [0, 0.05) is 9.92 Å². The van der Waals surface area contributed by atoms with Crippen LogP contribution in [0.4, 0.5) is 5.13 Å². The number of aromatic nitrogens is 2. The van der Waals surface area contributed by atoms with Crippen LogP contribution in [-0.2, 0) is 4.79 Å². The molecule has 94 valence electrons. The molecule has 0 fully saturated rings. The zero-order chi connectivity index (χ0) is 13.0. The summed E-state index contributed by atoms with van der Waals surface area (Å²) in [6.45, 7) is 0. The molecule has 1 heterocycles. The molecule has 1 aromatic carbocycles. The number of amides is 1. The first-order valence-electron chi connectivity index (χ1n) is 4.80. The molecule has 18 heavy (non-hydrogen) atoms. The average Bonchev–Trinajstić information content (AvgIpc) is 2.79. The second-order valence-corrected chi connectivity index (χ2v) is 6.11. The average molecular weight is 320 g/mol. The Kier molecular flexibility index (Phi) is 4.82. The standard InChI is InChI=1S/C10H7Cl2N3OS2/c11-5-8(16)13-9-14-15-10(18-9)17-7-3-1-6(12)2-4-7/h1-4H,5H2,(H,13,14,16). The summed E-state index contributed by atoms with van der Waals surface area (Å²) < 4.78 is 0.738. The molecule has 0 bridgehead atoms. The fourth-order valence-corrected chi connectivity index (χ4v) is 2.99. The highest BCUT2D eigenvalue weighted by Crippen LogP contribution is 2.32. The fourth-order valence-electron chi connectivity index (χ4n) is 1.06. The van der Waals surface area contributed by atoms with Crippen molar-refractivity contribution >= 4 is 57.3 Å². The molecular weight excluding hydrogens is 313 g/mol. The van der Waals surface area contributed by atoms with E-state index in [1.54, 1.807) is 12.1 Å². The van der Waals surface area contributed by atoms with Crippen LogP contribution in [-0.4, -0.2) is 22.0 Å². The van der Waals surface area contributed by atoms with Crippen LogP contribution in [0.15, 0.2) is 33.5 Å². The predicted molar refractivity (Wildman–Crippen MR) is 74.8 cm³/mol. The van der Waals surface area contributed by atoms with Gasteiger partial charge in [-0.1, -0.05) is 34.7 Å². The molecule has 1 N–H and O–H groups in total. The number of hydrogen-bond acceptors (Lipinski definition) is 5. The summed E-state index contributed by atoms with van der Waals surface area (Å²) in [5.74, 6) is -0.393. The molecule has 2 rings (SSSR count). The summed E-state index contributed by atoms with van der Waals surface area (Å²) in [4.78, 5) is 12.1. The minimum atomic E-state index is -0.296. The lowest BCUT2D eigenvalue weighted by molar-refractivity contribution is -0.113. The van der Waals surface area contributed by atoms with Crippen molar-refractivity contribution in [3.63, 3.8) is 0 Å². The smallest absolute Gasteiger partial charge is 0.241 e. The van der Waals surface area contributed by atoms with Crippen LogP contribution in [0.5, 0.6) is 0 Å². The van der Waals surface area contributed by atoms with Gasteiger partial charge in [0.15, 0.2) is 4.34 Å². The van der Waals surface area contributed by atoms with Crippen LogP contribution in [0.2, 0.25) is 5.02 Å². The predicted octanol–water partition coefficient (Wildman–Crippen LogP) is 3.52. The summed E-state index contributed by atoms with van der Waals surface area (Å²) in [7, 11) is 0. The Labute approximate surface area is 122 Å². The maximum atomic E-state index is 11.1. The highest BCUT2D eigenvalue weighted by atomic mass is 35.5. The number of hydrogen-bond donors (Lipinski definition) is 1. The van der Waals surface area contributed by atoms with E-state index in [2.05, 4.69) is 15.5 Å². The van der Waals surface area contributed by atoms with Gasteiger partial charge in [0.1, 0.15) is 5.88 Å². The lowest BCUT2D eigenvalue weighted by atomic mass is 10.4. The molecule has 0 unspecified atom stereocenters. The Morgan fingerprint density at radius 2 is 2.06 bits per heavy atom. The molecular formula is C10H7Cl2N3OS2. The number of anilines is 1. The quantitative estimate of drug-likeness (QED) is 0.692. The van der Waals surface area contributed by atoms with Crippen molar-refractivity contribution in [1.82, 2.24) is 10.2 Å². The van der Waals surface area contributed by atoms with E-state index in [9.17, 15) is 4.79 Å². The van der Waals surface area contributed by atoms with E-state index in [0.29, 0.717) is 10.2 Å². The Morgan fingerprint density at radius 3 is 2.72 bits per heavy atom. The monoisotopic (exact) mass is 319 g/mol. The highest BCUT2D eigenvalue weighted by Gasteiger charge is 2.08. The van der Waals surface area contributed by atoms with Crippen molar-refractivity contribution in [2.24, 2.45) is 0 Å². The van der Waals surface area contributed by atoms with E-state index < -0.39 is 0 Å². The molecule has 4 nitrogen and oxygen atoms in total. The summed E-state index contributed by atoms with van der Waals surface area (Å²) in [5, 5.41) is 11.5. The summed E-state index contributed by atoms with van der Waals surface area (Å²) in [6, 6.07) is 7.40. The van der Waals surface area contributed by atoms with Gasteiger partial charge < -0.3 is 0 Å². The van der Waals surface area contributed by atoms with Gasteiger partial charge in [0.25, 0.3) is 0 Å². The van der Waals surface area contributed by atoms with Crippen LogP contribution in [0, 0.1) is 0 Å². The van der Waals surface area contributed by atoms with E-state index in [-0.39, 0.29) is 11.8 Å². The molecule has 8 heteroatoms. The largest absolute Gasteiger partial charge is 0.299 e. The summed E-state index contributed by atoms with van der Waals surface area (Å²) >= 11 is 13.9. The van der Waals surface area contributed by atoms with Crippen molar-refractivity contribution in [3.05, 3.63) is 29.3 Å². The fraction of sp³-hybridized carbons (Fsp3) is 0.100. The first-order chi connectivity index (χ1) is 8.67. The number of alkyl halides is 1. The van der Waals surface area contributed by atoms with Gasteiger partial charge in [-0.25, -0.2) is 0 Å². The molecule has 0 aliphatic carbocycles. The summed E-state index contributed by atoms with van der Waals surface area (Å²) in [5.41, 5.74) is 0. The molecule has 0 radical (unpaired) electrons. The number of benzene rings is 1. The number of nitrogens with zero attached hydrogens (tertiary/aromatic N) is 2. The maximum Gasteiger partial charge on any atom is 0.241 e. The Bertz CT molecular complexity index is 544. The number of nitrogens with one attached hydrogen (secondary N) is 1. The van der Waals surface area contributed by atoms with Crippen LogP contribution in [0.3, 0.4) is 0 Å². The molecule has 2 aromatic rings. The van der Waals surface area contributed by atoms with E-state index in [0.717, 1.165) is 9.24 Å². The van der Waals surface area contributed by atoms with Crippen LogP contribution >= 0.6 is 46.3 Å². The van der Waals surface area contributed by atoms with Crippen LogP contribution < -0.4 is 5.32 Å². The van der Waals surface area contributed by atoms with Crippen molar-refractivity contribution < 1.29 is 4.79 Å². The zero-order valence-corrected chi connectivity index (χ0v) is 12.0. The number of halogens is 2. The SMILES string of the molecule is O=C(CCl)Nc1nnc(Sc2ccc(Cl)cc2)s1. The number of carbonyl (C=O) groups is 1.